The smallest absolute Gasteiger partial charge is 0.320 e. The summed E-state index contributed by atoms with van der Waals surface area (Å²) in [7, 11) is 0. The van der Waals surface area contributed by atoms with Gasteiger partial charge in [-0.05, 0) is 72.9 Å². The number of halogens is 3. The molecule has 0 spiro atoms. The number of carbonyl (C=O) groups is 1. The van der Waals surface area contributed by atoms with Gasteiger partial charge in [0.05, 0.1) is 26.5 Å². The Bertz CT molecular complexity index is 1680. The summed E-state index contributed by atoms with van der Waals surface area (Å²) in [6, 6.07) is 15.9. The molecule has 3 aromatic rings. The summed E-state index contributed by atoms with van der Waals surface area (Å²) >= 11 is 17.8. The molecule has 266 valence electrons. The van der Waals surface area contributed by atoms with Crippen molar-refractivity contribution < 1.29 is 9.53 Å². The van der Waals surface area contributed by atoms with Gasteiger partial charge in [-0.1, -0.05) is 59.1 Å². The van der Waals surface area contributed by atoms with Gasteiger partial charge in [-0.2, -0.15) is 0 Å². The molecule has 0 N–H and O–H groups in total. The van der Waals surface area contributed by atoms with Crippen molar-refractivity contribution in [3.8, 4) is 0 Å². The van der Waals surface area contributed by atoms with Gasteiger partial charge in [0, 0.05) is 76.3 Å². The van der Waals surface area contributed by atoms with Gasteiger partial charge in [-0.3, -0.25) is 14.6 Å². The van der Waals surface area contributed by atoms with Crippen molar-refractivity contribution >= 4 is 40.8 Å². The largest absolute Gasteiger partial charge is 0.465 e. The van der Waals surface area contributed by atoms with Crippen LogP contribution in [0.4, 0.5) is 0 Å². The quantitative estimate of drug-likeness (QED) is 0.189. The van der Waals surface area contributed by atoms with Gasteiger partial charge < -0.3 is 24.3 Å². The van der Waals surface area contributed by atoms with Crippen LogP contribution in [-0.4, -0.2) is 111 Å². The van der Waals surface area contributed by atoms with Crippen LogP contribution in [0.15, 0.2) is 83.7 Å². The van der Waals surface area contributed by atoms with Crippen molar-refractivity contribution in [1.82, 2.24) is 39.4 Å². The number of rotatable bonds is 9. The van der Waals surface area contributed by atoms with Crippen LogP contribution < -0.4 is 0 Å². The molecule has 50 heavy (non-hydrogen) atoms. The van der Waals surface area contributed by atoms with E-state index < -0.39 is 0 Å². The second kappa shape index (κ2) is 16.7. The molecule has 7 rings (SSSR count). The number of hydrogen-bond donors (Lipinski definition) is 0. The lowest BCUT2D eigenvalue weighted by Gasteiger charge is -2.37. The first-order valence-corrected chi connectivity index (χ1v) is 18.2. The van der Waals surface area contributed by atoms with Gasteiger partial charge in [0.1, 0.15) is 21.9 Å². The first-order chi connectivity index (χ1) is 24.1. The Balaban J connectivity index is 0.000000174. The molecule has 10 nitrogen and oxygen atoms in total. The maximum atomic E-state index is 11.7. The van der Waals surface area contributed by atoms with Gasteiger partial charge in [0.2, 0.25) is 0 Å². The fraction of sp³-hybridized carbons (Fsp3) is 0.432. The zero-order chi connectivity index (χ0) is 35.2. The van der Waals surface area contributed by atoms with E-state index >= 15 is 0 Å². The third-order valence-electron chi connectivity index (χ3n) is 9.21. The lowest BCUT2D eigenvalue weighted by Crippen LogP contribution is -2.45. The molecule has 2 fully saturated rings. The van der Waals surface area contributed by atoms with E-state index in [9.17, 15) is 4.79 Å². The standard InChI is InChI=1S/C20H22Cl2N4.C17H23ClN4O2/c1-15-11-24(12-16-2-5-18(21)6-3-16)14-26-9-8-25(20(15)26)13-17-4-7-19(22)23-10-17;1-3-24-16(23)11-20-9-13(2)17-21(6-7-22(17)12-20)10-14-4-5-15(18)19-8-14/h2-7,10H,8-9,11-14H2,1H3;4-5,8H,3,6-7,9-12H2,1-2H3. The molecular formula is C37H45Cl3N8O2. The van der Waals surface area contributed by atoms with E-state index in [1.807, 2.05) is 49.6 Å². The Morgan fingerprint density at radius 2 is 1.18 bits per heavy atom. The summed E-state index contributed by atoms with van der Waals surface area (Å²) in [6.07, 6.45) is 3.70. The van der Waals surface area contributed by atoms with Crippen molar-refractivity contribution in [2.45, 2.75) is 40.4 Å². The molecule has 4 aliphatic heterocycles. The Hall–Kier alpha value is -3.54. The first kappa shape index (κ1) is 36.3. The molecule has 0 atom stereocenters. The molecule has 4 aliphatic rings. The number of carbonyl (C=O) groups excluding carboxylic acids is 1. The number of esters is 1. The molecule has 0 saturated carbocycles. The third kappa shape index (κ3) is 9.22. The highest BCUT2D eigenvalue weighted by atomic mass is 35.5. The molecule has 0 unspecified atom stereocenters. The molecule has 2 saturated heterocycles. The van der Waals surface area contributed by atoms with E-state index in [1.54, 1.807) is 0 Å². The van der Waals surface area contributed by atoms with Gasteiger partial charge in [-0.15, -0.1) is 0 Å². The van der Waals surface area contributed by atoms with Crippen LogP contribution in [0, 0.1) is 0 Å². The SMILES string of the molecule is CC1=C2N(Cc3ccc(Cl)nc3)CCN2CN(Cc2ccc(Cl)cc2)C1.CCOC(=O)CN1CC(C)=C2N(Cc3ccc(Cl)nc3)CCN2C1. The van der Waals surface area contributed by atoms with Gasteiger partial charge in [0.15, 0.2) is 0 Å². The maximum Gasteiger partial charge on any atom is 0.320 e. The van der Waals surface area contributed by atoms with Crippen molar-refractivity contribution in [3.05, 3.63) is 116 Å². The predicted octanol–water partition coefficient (Wildman–Crippen LogP) is 6.13. The van der Waals surface area contributed by atoms with Crippen LogP contribution in [0.25, 0.3) is 0 Å². The van der Waals surface area contributed by atoms with Gasteiger partial charge >= 0.3 is 5.97 Å². The number of aromatic nitrogens is 2. The molecule has 1 aromatic carbocycles. The maximum absolute atomic E-state index is 11.7. The second-order valence-electron chi connectivity index (χ2n) is 13.2. The van der Waals surface area contributed by atoms with Crippen molar-refractivity contribution in [3.63, 3.8) is 0 Å². The van der Waals surface area contributed by atoms with Crippen LogP contribution >= 0.6 is 34.8 Å². The number of pyridine rings is 2. The number of benzene rings is 1. The second-order valence-corrected chi connectivity index (χ2v) is 14.5. The number of ether oxygens (including phenoxy) is 1. The summed E-state index contributed by atoms with van der Waals surface area (Å²) in [4.78, 5) is 34.3. The van der Waals surface area contributed by atoms with Crippen LogP contribution in [-0.2, 0) is 29.2 Å². The van der Waals surface area contributed by atoms with E-state index in [1.165, 1.54) is 33.9 Å². The Morgan fingerprint density at radius 1 is 0.680 bits per heavy atom. The topological polar surface area (TPSA) is 71.5 Å². The summed E-state index contributed by atoms with van der Waals surface area (Å²) in [5.41, 5.74) is 6.35. The Morgan fingerprint density at radius 3 is 1.68 bits per heavy atom. The number of hydrogen-bond acceptors (Lipinski definition) is 10. The molecule has 2 aromatic heterocycles. The summed E-state index contributed by atoms with van der Waals surface area (Å²) in [5, 5.41) is 1.85. The Labute approximate surface area is 310 Å². The van der Waals surface area contributed by atoms with Crippen LogP contribution in [0.5, 0.6) is 0 Å². The van der Waals surface area contributed by atoms with E-state index in [4.69, 9.17) is 39.5 Å². The first-order valence-electron chi connectivity index (χ1n) is 17.1. The number of fused-ring (bicyclic) bond motifs is 2. The van der Waals surface area contributed by atoms with Gasteiger partial charge in [-0.25, -0.2) is 9.97 Å². The van der Waals surface area contributed by atoms with Crippen LogP contribution in [0.3, 0.4) is 0 Å². The fourth-order valence-electron chi connectivity index (χ4n) is 7.25. The normalized spacial score (nSPS) is 18.0. The molecule has 0 amide bonds. The Kier molecular flexibility index (Phi) is 12.1. The van der Waals surface area contributed by atoms with Crippen LogP contribution in [0.2, 0.25) is 15.3 Å². The van der Waals surface area contributed by atoms with E-state index in [0.29, 0.717) is 23.5 Å². The van der Waals surface area contributed by atoms with E-state index in [0.717, 1.165) is 82.8 Å². The minimum atomic E-state index is -0.156. The molecular weight excluding hydrogens is 695 g/mol. The summed E-state index contributed by atoms with van der Waals surface area (Å²) < 4.78 is 5.06. The highest BCUT2D eigenvalue weighted by Crippen LogP contribution is 2.30. The minimum Gasteiger partial charge on any atom is -0.465 e. The van der Waals surface area contributed by atoms with E-state index in [-0.39, 0.29) is 5.97 Å². The van der Waals surface area contributed by atoms with Crippen molar-refractivity contribution in [1.29, 1.82) is 0 Å². The minimum absolute atomic E-state index is 0.156. The zero-order valence-corrected chi connectivity index (χ0v) is 31.3. The zero-order valence-electron chi connectivity index (χ0n) is 29.0. The molecule has 6 heterocycles. The fourth-order valence-corrected chi connectivity index (χ4v) is 7.60. The monoisotopic (exact) mass is 738 g/mol. The molecule has 0 radical (unpaired) electrons. The van der Waals surface area contributed by atoms with Crippen molar-refractivity contribution in [2.75, 3.05) is 65.8 Å². The molecule has 0 aliphatic carbocycles. The lowest BCUT2D eigenvalue weighted by molar-refractivity contribution is -0.144. The highest BCUT2D eigenvalue weighted by molar-refractivity contribution is 6.30. The molecule has 13 heteroatoms. The lowest BCUT2D eigenvalue weighted by atomic mass is 10.1. The summed E-state index contributed by atoms with van der Waals surface area (Å²) in [5.74, 6) is 2.51. The average Bonchev–Trinajstić information content (AvgIpc) is 3.69. The van der Waals surface area contributed by atoms with Crippen LogP contribution in [0.1, 0.15) is 37.5 Å². The van der Waals surface area contributed by atoms with Gasteiger partial charge in [0.25, 0.3) is 0 Å². The predicted molar refractivity (Wildman–Crippen MR) is 198 cm³/mol. The number of nitrogens with zero attached hydrogens (tertiary/aromatic N) is 8. The van der Waals surface area contributed by atoms with Crippen molar-refractivity contribution in [2.24, 2.45) is 0 Å². The van der Waals surface area contributed by atoms with E-state index in [2.05, 4.69) is 71.4 Å². The third-order valence-corrected chi connectivity index (χ3v) is 9.90. The highest BCUT2D eigenvalue weighted by Gasteiger charge is 2.33. The molecule has 0 bridgehead atoms. The summed E-state index contributed by atoms with van der Waals surface area (Å²) in [6.45, 7) is 17.2. The average molecular weight is 740 g/mol.